The quantitative estimate of drug-likeness (QED) is 0.380. The minimum absolute atomic E-state index is 0.0236. The van der Waals surface area contributed by atoms with Crippen molar-refractivity contribution in [2.75, 3.05) is 10.6 Å². The number of benzene rings is 2. The van der Waals surface area contributed by atoms with Gasteiger partial charge in [-0.15, -0.1) is 0 Å². The Kier molecular flexibility index (Phi) is 6.16. The number of nitrogens with one attached hydrogen (secondary N) is 2. The molecule has 0 aliphatic rings. The van der Waals surface area contributed by atoms with E-state index in [0.29, 0.717) is 0 Å². The standard InChI is InChI=1S/C25H17F3N4O3/c1-15-21(20(14-29)24(35-15)32-10-2-3-11-32)23(34)31-18-8-4-6-16(12-18)22(33)30-19-9-5-7-17(13-19)25(26,27)28/h2-13H,1H3,(H,30,33)(H,31,34). The van der Waals surface area contributed by atoms with Crippen LogP contribution < -0.4 is 10.6 Å². The smallest absolute Gasteiger partial charge is 0.416 e. The van der Waals surface area contributed by atoms with E-state index >= 15 is 0 Å². The maximum Gasteiger partial charge on any atom is 0.416 e. The Hall–Kier alpha value is -4.78. The molecular weight excluding hydrogens is 461 g/mol. The summed E-state index contributed by atoms with van der Waals surface area (Å²) in [6.45, 7) is 1.56. The molecule has 7 nitrogen and oxygen atoms in total. The first-order valence-electron chi connectivity index (χ1n) is 10.2. The highest BCUT2D eigenvalue weighted by Crippen LogP contribution is 2.31. The molecule has 10 heteroatoms. The van der Waals surface area contributed by atoms with Crippen LogP contribution in [-0.4, -0.2) is 16.4 Å². The Morgan fingerprint density at radius 2 is 1.57 bits per heavy atom. The molecule has 4 aromatic rings. The molecule has 0 atom stereocenters. The third kappa shape index (κ3) is 4.94. The van der Waals surface area contributed by atoms with Gasteiger partial charge in [-0.2, -0.15) is 18.4 Å². The molecule has 0 spiro atoms. The number of carbonyl (C=O) groups excluding carboxylic acids is 2. The van der Waals surface area contributed by atoms with Crippen LogP contribution in [0.25, 0.3) is 5.88 Å². The topological polar surface area (TPSA) is 100 Å². The van der Waals surface area contributed by atoms with E-state index in [1.165, 1.54) is 36.4 Å². The van der Waals surface area contributed by atoms with Crippen molar-refractivity contribution in [3.63, 3.8) is 0 Å². The van der Waals surface area contributed by atoms with Gasteiger partial charge in [0.2, 0.25) is 5.88 Å². The fourth-order valence-corrected chi connectivity index (χ4v) is 3.47. The molecule has 0 bridgehead atoms. The SMILES string of the molecule is Cc1oc(-n2cccc2)c(C#N)c1C(=O)Nc1cccc(C(=O)Nc2cccc(C(F)(F)F)c2)c1. The van der Waals surface area contributed by atoms with Gasteiger partial charge in [0.05, 0.1) is 5.56 Å². The molecule has 2 N–H and O–H groups in total. The lowest BCUT2D eigenvalue weighted by Gasteiger charge is -2.11. The number of amides is 2. The Morgan fingerprint density at radius 3 is 2.23 bits per heavy atom. The van der Waals surface area contributed by atoms with Crippen LogP contribution in [-0.2, 0) is 6.18 Å². The maximum absolute atomic E-state index is 13.0. The van der Waals surface area contributed by atoms with Crippen molar-refractivity contribution in [3.05, 3.63) is 101 Å². The van der Waals surface area contributed by atoms with Crippen LogP contribution in [0.2, 0.25) is 0 Å². The summed E-state index contributed by atoms with van der Waals surface area (Å²) in [5, 5.41) is 14.7. The van der Waals surface area contributed by atoms with Crippen molar-refractivity contribution in [2.24, 2.45) is 0 Å². The summed E-state index contributed by atoms with van der Waals surface area (Å²) in [4.78, 5) is 25.6. The zero-order valence-corrected chi connectivity index (χ0v) is 18.2. The van der Waals surface area contributed by atoms with Gasteiger partial charge < -0.3 is 15.1 Å². The number of furan rings is 1. The number of aromatic nitrogens is 1. The lowest BCUT2D eigenvalue weighted by Crippen LogP contribution is -2.16. The van der Waals surface area contributed by atoms with Gasteiger partial charge >= 0.3 is 6.18 Å². The first kappa shape index (κ1) is 23.4. The largest absolute Gasteiger partial charge is 0.443 e. The average Bonchev–Trinajstić information content (AvgIpc) is 3.46. The molecule has 4 rings (SSSR count). The van der Waals surface area contributed by atoms with Crippen molar-refractivity contribution in [2.45, 2.75) is 13.1 Å². The summed E-state index contributed by atoms with van der Waals surface area (Å²) < 4.78 is 46.0. The summed E-state index contributed by atoms with van der Waals surface area (Å²) >= 11 is 0. The molecule has 2 aromatic heterocycles. The number of hydrogen-bond acceptors (Lipinski definition) is 4. The molecule has 0 unspecified atom stereocenters. The van der Waals surface area contributed by atoms with Crippen molar-refractivity contribution in [3.8, 4) is 12.0 Å². The van der Waals surface area contributed by atoms with Crippen LogP contribution in [0, 0.1) is 18.3 Å². The van der Waals surface area contributed by atoms with Gasteiger partial charge in [-0.3, -0.25) is 14.2 Å². The highest BCUT2D eigenvalue weighted by molar-refractivity contribution is 6.09. The number of alkyl halides is 3. The Bertz CT molecular complexity index is 1450. The minimum atomic E-state index is -4.54. The van der Waals surface area contributed by atoms with Gasteiger partial charge in [-0.25, -0.2) is 0 Å². The molecule has 2 amide bonds. The molecule has 0 saturated carbocycles. The predicted octanol–water partition coefficient (Wildman–Crippen LogP) is 5.77. The summed E-state index contributed by atoms with van der Waals surface area (Å²) in [6, 6.07) is 15.6. The molecule has 0 aliphatic heterocycles. The highest BCUT2D eigenvalue weighted by Gasteiger charge is 2.30. The fraction of sp³-hybridized carbons (Fsp3) is 0.0800. The van der Waals surface area contributed by atoms with Crippen molar-refractivity contribution in [1.82, 2.24) is 4.57 Å². The van der Waals surface area contributed by atoms with E-state index in [4.69, 9.17) is 4.42 Å². The summed E-state index contributed by atoms with van der Waals surface area (Å²) in [5.41, 5.74) is -0.454. The molecular formula is C25H17F3N4O3. The number of rotatable bonds is 5. The number of halogens is 3. The van der Waals surface area contributed by atoms with E-state index < -0.39 is 23.6 Å². The van der Waals surface area contributed by atoms with E-state index in [1.807, 2.05) is 6.07 Å². The number of hydrogen-bond donors (Lipinski definition) is 2. The zero-order chi connectivity index (χ0) is 25.2. The van der Waals surface area contributed by atoms with Crippen LogP contribution in [0.15, 0.2) is 77.5 Å². The highest BCUT2D eigenvalue weighted by atomic mass is 19.4. The second-order valence-corrected chi connectivity index (χ2v) is 7.48. The third-order valence-corrected chi connectivity index (χ3v) is 5.07. The number of carbonyl (C=O) groups is 2. The molecule has 2 aromatic carbocycles. The Labute approximate surface area is 197 Å². The first-order chi connectivity index (χ1) is 16.7. The molecule has 176 valence electrons. The molecule has 0 radical (unpaired) electrons. The van der Waals surface area contributed by atoms with Gasteiger partial charge in [-0.05, 0) is 55.5 Å². The van der Waals surface area contributed by atoms with Crippen molar-refractivity contribution < 1.29 is 27.2 Å². The lowest BCUT2D eigenvalue weighted by atomic mass is 10.1. The third-order valence-electron chi connectivity index (χ3n) is 5.07. The van der Waals surface area contributed by atoms with E-state index in [0.717, 1.165) is 12.1 Å². The van der Waals surface area contributed by atoms with E-state index in [1.54, 1.807) is 36.0 Å². The first-order valence-corrected chi connectivity index (χ1v) is 10.2. The number of aryl methyl sites for hydroxylation is 1. The molecule has 0 fully saturated rings. The molecule has 2 heterocycles. The normalized spacial score (nSPS) is 11.1. The molecule has 0 saturated heterocycles. The number of nitrogens with zero attached hydrogens (tertiary/aromatic N) is 2. The van der Waals surface area contributed by atoms with Crippen LogP contribution in [0.5, 0.6) is 0 Å². The summed E-state index contributed by atoms with van der Waals surface area (Å²) in [5.74, 6) is -0.834. The Balaban J connectivity index is 1.54. The summed E-state index contributed by atoms with van der Waals surface area (Å²) in [7, 11) is 0. The summed E-state index contributed by atoms with van der Waals surface area (Å²) in [6.07, 6.45) is -1.19. The van der Waals surface area contributed by atoms with E-state index in [2.05, 4.69) is 10.6 Å². The van der Waals surface area contributed by atoms with Gasteiger partial charge in [0, 0.05) is 29.3 Å². The monoisotopic (exact) mass is 478 g/mol. The molecule has 35 heavy (non-hydrogen) atoms. The zero-order valence-electron chi connectivity index (χ0n) is 18.2. The fourth-order valence-electron chi connectivity index (χ4n) is 3.47. The lowest BCUT2D eigenvalue weighted by molar-refractivity contribution is -0.137. The van der Waals surface area contributed by atoms with Crippen molar-refractivity contribution in [1.29, 1.82) is 5.26 Å². The predicted molar refractivity (Wildman–Crippen MR) is 121 cm³/mol. The molecule has 0 aliphatic carbocycles. The van der Waals surface area contributed by atoms with E-state index in [9.17, 15) is 28.0 Å². The van der Waals surface area contributed by atoms with E-state index in [-0.39, 0.29) is 39.7 Å². The van der Waals surface area contributed by atoms with Crippen LogP contribution in [0.4, 0.5) is 24.5 Å². The van der Waals surface area contributed by atoms with Gasteiger partial charge in [0.25, 0.3) is 11.8 Å². The van der Waals surface area contributed by atoms with Crippen LogP contribution in [0.1, 0.15) is 37.6 Å². The second-order valence-electron chi connectivity index (χ2n) is 7.48. The van der Waals surface area contributed by atoms with Gasteiger partial charge in [-0.1, -0.05) is 12.1 Å². The van der Waals surface area contributed by atoms with Gasteiger partial charge in [0.1, 0.15) is 23.0 Å². The van der Waals surface area contributed by atoms with Gasteiger partial charge in [0.15, 0.2) is 0 Å². The van der Waals surface area contributed by atoms with Crippen molar-refractivity contribution >= 4 is 23.2 Å². The second kappa shape index (κ2) is 9.23. The average molecular weight is 478 g/mol. The number of anilines is 2. The minimum Gasteiger partial charge on any atom is -0.443 e. The number of nitriles is 1. The Morgan fingerprint density at radius 1 is 0.943 bits per heavy atom. The maximum atomic E-state index is 13.0. The van der Waals surface area contributed by atoms with Crippen LogP contribution in [0.3, 0.4) is 0 Å². The van der Waals surface area contributed by atoms with Crippen LogP contribution >= 0.6 is 0 Å².